The Morgan fingerprint density at radius 2 is 2.25 bits per heavy atom. The summed E-state index contributed by atoms with van der Waals surface area (Å²) in [7, 11) is 1.80. The number of hydrogen-bond donors (Lipinski definition) is 0. The smallest absolute Gasteiger partial charge is 0.190 e. The highest BCUT2D eigenvalue weighted by Crippen LogP contribution is 2.04. The summed E-state index contributed by atoms with van der Waals surface area (Å²) in [6.45, 7) is 2.85. The van der Waals surface area contributed by atoms with E-state index in [4.69, 9.17) is 0 Å². The Kier molecular flexibility index (Phi) is 2.85. The van der Waals surface area contributed by atoms with Gasteiger partial charge >= 0.3 is 0 Å². The molecule has 0 aliphatic heterocycles. The number of aromatic nitrogens is 4. The number of hydrogen-bond acceptors (Lipinski definition) is 3. The fourth-order valence-electron chi connectivity index (χ4n) is 1.59. The van der Waals surface area contributed by atoms with Crippen LogP contribution < -0.4 is 0 Å². The van der Waals surface area contributed by atoms with Gasteiger partial charge in [0.1, 0.15) is 11.5 Å². The number of rotatable bonds is 4. The quantitative estimate of drug-likeness (QED) is 0.721. The van der Waals surface area contributed by atoms with Crippen LogP contribution in [0.3, 0.4) is 0 Å². The van der Waals surface area contributed by atoms with Crippen LogP contribution in [-0.2, 0) is 20.0 Å². The van der Waals surface area contributed by atoms with E-state index in [-0.39, 0.29) is 5.78 Å². The van der Waals surface area contributed by atoms with Crippen molar-refractivity contribution in [3.05, 3.63) is 36.2 Å². The van der Waals surface area contributed by atoms with Gasteiger partial charge in [-0.05, 0) is 13.0 Å². The molecule has 2 rings (SSSR count). The summed E-state index contributed by atoms with van der Waals surface area (Å²) in [5, 5.41) is 4.08. The molecule has 0 radical (unpaired) electrons. The Bertz CT molecular complexity index is 498. The normalized spacial score (nSPS) is 10.6. The number of carbonyl (C=O) groups is 1. The van der Waals surface area contributed by atoms with Gasteiger partial charge in [0.15, 0.2) is 5.78 Å². The fraction of sp³-hybridized carbons (Fsp3) is 0.364. The fourth-order valence-corrected chi connectivity index (χ4v) is 1.59. The lowest BCUT2D eigenvalue weighted by molar-refractivity contribution is 0.0984. The maximum absolute atomic E-state index is 11.9. The zero-order valence-electron chi connectivity index (χ0n) is 9.42. The van der Waals surface area contributed by atoms with Crippen LogP contribution in [0, 0.1) is 0 Å². The lowest BCUT2D eigenvalue weighted by Crippen LogP contribution is -2.10. The minimum Gasteiger partial charge on any atom is -0.335 e. The first kappa shape index (κ1) is 10.6. The van der Waals surface area contributed by atoms with E-state index in [0.717, 1.165) is 12.4 Å². The molecule has 5 heteroatoms. The third-order valence-corrected chi connectivity index (χ3v) is 2.46. The molecule has 5 nitrogen and oxygen atoms in total. The molecule has 2 aromatic heterocycles. The molecule has 0 aromatic carbocycles. The molecule has 0 N–H and O–H groups in total. The van der Waals surface area contributed by atoms with Gasteiger partial charge in [0.2, 0.25) is 0 Å². The SMILES string of the molecule is CCn1ccnc1CC(=O)c1ccn(C)n1. The Labute approximate surface area is 93.7 Å². The van der Waals surface area contributed by atoms with Crippen LogP contribution in [0.1, 0.15) is 23.2 Å². The second-order valence-electron chi connectivity index (χ2n) is 3.60. The molecule has 16 heavy (non-hydrogen) atoms. The Hall–Kier alpha value is -1.91. The van der Waals surface area contributed by atoms with Gasteiger partial charge in [0, 0.05) is 32.2 Å². The Balaban J connectivity index is 2.13. The van der Waals surface area contributed by atoms with Crippen LogP contribution in [0.25, 0.3) is 0 Å². The van der Waals surface area contributed by atoms with Crippen LogP contribution >= 0.6 is 0 Å². The number of Topliss-reactive ketones (excluding diaryl/α,β-unsaturated/α-hetero) is 1. The van der Waals surface area contributed by atoms with Crippen LogP contribution in [0.2, 0.25) is 0 Å². The molecular formula is C11H14N4O. The van der Waals surface area contributed by atoms with Gasteiger partial charge < -0.3 is 4.57 Å². The molecule has 84 valence electrons. The van der Waals surface area contributed by atoms with Crippen molar-refractivity contribution in [3.8, 4) is 0 Å². The van der Waals surface area contributed by atoms with Crippen molar-refractivity contribution in [1.29, 1.82) is 0 Å². The third kappa shape index (κ3) is 2.03. The number of ketones is 1. The van der Waals surface area contributed by atoms with E-state index in [2.05, 4.69) is 10.1 Å². The third-order valence-electron chi connectivity index (χ3n) is 2.46. The summed E-state index contributed by atoms with van der Waals surface area (Å²) in [4.78, 5) is 16.0. The van der Waals surface area contributed by atoms with E-state index in [1.165, 1.54) is 0 Å². The highest BCUT2D eigenvalue weighted by atomic mass is 16.1. The minimum atomic E-state index is 0.00139. The monoisotopic (exact) mass is 218 g/mol. The summed E-state index contributed by atoms with van der Waals surface area (Å²) in [5.74, 6) is 0.791. The molecule has 0 atom stereocenters. The number of carbonyl (C=O) groups excluding carboxylic acids is 1. The van der Waals surface area contributed by atoms with Gasteiger partial charge in [-0.2, -0.15) is 5.10 Å². The highest BCUT2D eigenvalue weighted by Gasteiger charge is 2.12. The number of imidazole rings is 1. The summed E-state index contributed by atoms with van der Waals surface area (Å²) >= 11 is 0. The molecule has 0 amide bonds. The summed E-state index contributed by atoms with van der Waals surface area (Å²) in [6.07, 6.45) is 5.66. The maximum Gasteiger partial charge on any atom is 0.190 e. The van der Waals surface area contributed by atoms with E-state index in [1.54, 1.807) is 30.2 Å². The van der Waals surface area contributed by atoms with Crippen molar-refractivity contribution in [2.75, 3.05) is 0 Å². The van der Waals surface area contributed by atoms with Gasteiger partial charge in [0.25, 0.3) is 0 Å². The maximum atomic E-state index is 11.9. The van der Waals surface area contributed by atoms with Gasteiger partial charge in [-0.25, -0.2) is 4.98 Å². The van der Waals surface area contributed by atoms with Gasteiger partial charge in [-0.3, -0.25) is 9.48 Å². The predicted molar refractivity (Wildman–Crippen MR) is 59.1 cm³/mol. The summed E-state index contributed by atoms with van der Waals surface area (Å²) < 4.78 is 3.58. The van der Waals surface area contributed by atoms with Gasteiger partial charge in [0.05, 0.1) is 6.42 Å². The zero-order valence-corrected chi connectivity index (χ0v) is 9.42. The summed E-state index contributed by atoms with van der Waals surface area (Å²) in [5.41, 5.74) is 0.494. The van der Waals surface area contributed by atoms with Crippen molar-refractivity contribution in [2.24, 2.45) is 7.05 Å². The average Bonchev–Trinajstić information content (AvgIpc) is 2.86. The second kappa shape index (κ2) is 4.30. The number of nitrogens with zero attached hydrogens (tertiary/aromatic N) is 4. The van der Waals surface area contributed by atoms with E-state index >= 15 is 0 Å². The Morgan fingerprint density at radius 3 is 2.88 bits per heavy atom. The largest absolute Gasteiger partial charge is 0.335 e. The topological polar surface area (TPSA) is 52.7 Å². The molecule has 0 aliphatic rings. The van der Waals surface area contributed by atoms with Crippen molar-refractivity contribution in [2.45, 2.75) is 19.9 Å². The van der Waals surface area contributed by atoms with Gasteiger partial charge in [-0.1, -0.05) is 0 Å². The van der Waals surface area contributed by atoms with Crippen molar-refractivity contribution >= 4 is 5.78 Å². The lowest BCUT2D eigenvalue weighted by atomic mass is 10.2. The zero-order chi connectivity index (χ0) is 11.5. The van der Waals surface area contributed by atoms with Gasteiger partial charge in [-0.15, -0.1) is 0 Å². The van der Waals surface area contributed by atoms with Crippen molar-refractivity contribution in [1.82, 2.24) is 19.3 Å². The molecule has 0 unspecified atom stereocenters. The minimum absolute atomic E-state index is 0.00139. The molecule has 0 fully saturated rings. The first-order valence-corrected chi connectivity index (χ1v) is 5.23. The molecule has 0 saturated heterocycles. The molecule has 0 saturated carbocycles. The Morgan fingerprint density at radius 1 is 1.44 bits per heavy atom. The van der Waals surface area contributed by atoms with Crippen LogP contribution in [0.15, 0.2) is 24.7 Å². The van der Waals surface area contributed by atoms with E-state index in [1.807, 2.05) is 17.7 Å². The average molecular weight is 218 g/mol. The van der Waals surface area contributed by atoms with Crippen LogP contribution in [0.4, 0.5) is 0 Å². The molecule has 0 bridgehead atoms. The van der Waals surface area contributed by atoms with E-state index < -0.39 is 0 Å². The lowest BCUT2D eigenvalue weighted by Gasteiger charge is -2.02. The molecule has 0 aliphatic carbocycles. The first-order valence-electron chi connectivity index (χ1n) is 5.23. The first-order chi connectivity index (χ1) is 7.70. The highest BCUT2D eigenvalue weighted by molar-refractivity contribution is 5.95. The molecule has 2 heterocycles. The van der Waals surface area contributed by atoms with Crippen LogP contribution in [0.5, 0.6) is 0 Å². The van der Waals surface area contributed by atoms with E-state index in [9.17, 15) is 4.79 Å². The summed E-state index contributed by atoms with van der Waals surface area (Å²) in [6, 6.07) is 1.72. The molecule has 0 spiro atoms. The molecular weight excluding hydrogens is 204 g/mol. The predicted octanol–water partition coefficient (Wildman–Crippen LogP) is 1.06. The number of aryl methyl sites for hydroxylation is 2. The molecule has 2 aromatic rings. The second-order valence-corrected chi connectivity index (χ2v) is 3.60. The van der Waals surface area contributed by atoms with Crippen molar-refractivity contribution < 1.29 is 4.79 Å². The standard InChI is InChI=1S/C11H14N4O/c1-3-15-7-5-12-11(15)8-10(16)9-4-6-14(2)13-9/h4-7H,3,8H2,1-2H3. The van der Waals surface area contributed by atoms with Crippen molar-refractivity contribution in [3.63, 3.8) is 0 Å². The van der Waals surface area contributed by atoms with Crippen LogP contribution in [-0.4, -0.2) is 25.1 Å². The van der Waals surface area contributed by atoms with E-state index in [0.29, 0.717) is 12.1 Å².